The lowest BCUT2D eigenvalue weighted by Gasteiger charge is -2.33. The maximum absolute atomic E-state index is 5.86. The molecule has 3 heterocycles. The number of ether oxygens (including phenoxy) is 2. The van der Waals surface area contributed by atoms with Gasteiger partial charge in [-0.05, 0) is 12.8 Å². The third-order valence-corrected chi connectivity index (χ3v) is 3.66. The topological polar surface area (TPSA) is 59.5 Å². The van der Waals surface area contributed by atoms with Crippen LogP contribution in [0.15, 0.2) is 6.07 Å². The van der Waals surface area contributed by atoms with Crippen molar-refractivity contribution in [2.75, 3.05) is 37.5 Å². The molecule has 0 saturated carbocycles. The summed E-state index contributed by atoms with van der Waals surface area (Å²) in [5.74, 6) is 2.51. The van der Waals surface area contributed by atoms with Crippen LogP contribution in [0.25, 0.3) is 0 Å². The van der Waals surface area contributed by atoms with E-state index < -0.39 is 0 Å². The average Bonchev–Trinajstić information content (AvgIpc) is 2.77. The normalized spacial score (nSPS) is 25.7. The van der Waals surface area contributed by atoms with E-state index in [4.69, 9.17) is 9.47 Å². The maximum atomic E-state index is 5.86. The van der Waals surface area contributed by atoms with Crippen molar-refractivity contribution in [3.8, 4) is 0 Å². The molecule has 1 N–H and O–H groups in total. The Labute approximate surface area is 113 Å². The van der Waals surface area contributed by atoms with Crippen molar-refractivity contribution < 1.29 is 9.47 Å². The number of fused-ring (bicyclic) bond motifs is 2. The van der Waals surface area contributed by atoms with Gasteiger partial charge in [-0.1, -0.05) is 0 Å². The van der Waals surface area contributed by atoms with E-state index in [1.165, 1.54) is 0 Å². The van der Waals surface area contributed by atoms with Crippen molar-refractivity contribution >= 4 is 11.6 Å². The number of nitrogens with one attached hydrogen (secondary N) is 1. The van der Waals surface area contributed by atoms with E-state index in [1.807, 2.05) is 13.1 Å². The molecule has 3 rings (SSSR count). The molecule has 0 aromatic carbocycles. The van der Waals surface area contributed by atoms with Gasteiger partial charge < -0.3 is 19.7 Å². The Kier molecular flexibility index (Phi) is 3.52. The van der Waals surface area contributed by atoms with Crippen molar-refractivity contribution in [2.24, 2.45) is 0 Å². The minimum atomic E-state index is 0.359. The van der Waals surface area contributed by atoms with Gasteiger partial charge in [-0.3, -0.25) is 0 Å². The van der Waals surface area contributed by atoms with Crippen molar-refractivity contribution in [1.82, 2.24) is 9.97 Å². The number of methoxy groups -OCH3 is 1. The van der Waals surface area contributed by atoms with Crippen molar-refractivity contribution in [3.63, 3.8) is 0 Å². The molecule has 0 spiro atoms. The van der Waals surface area contributed by atoms with Crippen LogP contribution in [0.2, 0.25) is 0 Å². The molecule has 0 aliphatic carbocycles. The Balaban J connectivity index is 1.84. The Morgan fingerprint density at radius 3 is 2.74 bits per heavy atom. The highest BCUT2D eigenvalue weighted by atomic mass is 16.5. The second kappa shape index (κ2) is 5.30. The van der Waals surface area contributed by atoms with Crippen LogP contribution in [0.3, 0.4) is 0 Å². The second-order valence-electron chi connectivity index (χ2n) is 5.07. The predicted molar refractivity (Wildman–Crippen MR) is 72.4 cm³/mol. The van der Waals surface area contributed by atoms with Crippen molar-refractivity contribution in [2.45, 2.75) is 31.7 Å². The van der Waals surface area contributed by atoms with Gasteiger partial charge in [0.15, 0.2) is 5.82 Å². The van der Waals surface area contributed by atoms with E-state index >= 15 is 0 Å². The van der Waals surface area contributed by atoms with Crippen LogP contribution in [0.5, 0.6) is 0 Å². The molecule has 2 atom stereocenters. The molecular formula is C13H20N4O2. The molecule has 2 aliphatic rings. The van der Waals surface area contributed by atoms with Crippen molar-refractivity contribution in [1.29, 1.82) is 0 Å². The molecule has 2 fully saturated rings. The molecule has 6 nitrogen and oxygen atoms in total. The Hall–Kier alpha value is -1.40. The number of morpholine rings is 1. The first kappa shape index (κ1) is 12.6. The fraction of sp³-hybridized carbons (Fsp3) is 0.692. The first-order valence-electron chi connectivity index (χ1n) is 6.73. The number of rotatable bonds is 4. The van der Waals surface area contributed by atoms with Crippen LogP contribution in [-0.2, 0) is 16.1 Å². The van der Waals surface area contributed by atoms with E-state index in [-0.39, 0.29) is 0 Å². The van der Waals surface area contributed by atoms with Gasteiger partial charge in [0.1, 0.15) is 18.2 Å². The summed E-state index contributed by atoms with van der Waals surface area (Å²) in [5, 5.41) is 3.08. The quantitative estimate of drug-likeness (QED) is 0.876. The SMILES string of the molecule is CNc1cc(N2CC3CCC(C2)O3)nc(COC)n1. The van der Waals surface area contributed by atoms with E-state index in [0.717, 1.165) is 37.6 Å². The van der Waals surface area contributed by atoms with Gasteiger partial charge in [0, 0.05) is 33.3 Å². The number of hydrogen-bond donors (Lipinski definition) is 1. The highest BCUT2D eigenvalue weighted by molar-refractivity contribution is 5.49. The Bertz CT molecular complexity index is 442. The molecule has 6 heteroatoms. The third-order valence-electron chi connectivity index (χ3n) is 3.66. The first-order chi connectivity index (χ1) is 9.28. The molecule has 0 amide bonds. The molecule has 2 saturated heterocycles. The monoisotopic (exact) mass is 264 g/mol. The van der Waals surface area contributed by atoms with Gasteiger partial charge in [-0.25, -0.2) is 9.97 Å². The van der Waals surface area contributed by atoms with E-state index in [2.05, 4.69) is 20.2 Å². The van der Waals surface area contributed by atoms with E-state index in [1.54, 1.807) is 7.11 Å². The van der Waals surface area contributed by atoms with Crippen LogP contribution < -0.4 is 10.2 Å². The largest absolute Gasteiger partial charge is 0.377 e. The second-order valence-corrected chi connectivity index (χ2v) is 5.07. The first-order valence-corrected chi connectivity index (χ1v) is 6.73. The number of nitrogens with zero attached hydrogens (tertiary/aromatic N) is 3. The fourth-order valence-electron chi connectivity index (χ4n) is 2.77. The van der Waals surface area contributed by atoms with Gasteiger partial charge in [0.25, 0.3) is 0 Å². The average molecular weight is 264 g/mol. The summed E-state index contributed by atoms with van der Waals surface area (Å²) in [6.07, 6.45) is 3.04. The zero-order valence-electron chi connectivity index (χ0n) is 11.4. The smallest absolute Gasteiger partial charge is 0.158 e. The molecule has 1 aromatic rings. The molecule has 2 bridgehead atoms. The zero-order valence-corrected chi connectivity index (χ0v) is 11.4. The minimum absolute atomic E-state index is 0.359. The fourth-order valence-corrected chi connectivity index (χ4v) is 2.77. The Morgan fingerprint density at radius 2 is 2.11 bits per heavy atom. The number of aromatic nitrogens is 2. The molecule has 2 aliphatic heterocycles. The van der Waals surface area contributed by atoms with Gasteiger partial charge in [-0.15, -0.1) is 0 Å². The lowest BCUT2D eigenvalue weighted by atomic mass is 10.2. The highest BCUT2D eigenvalue weighted by Gasteiger charge is 2.34. The van der Waals surface area contributed by atoms with Gasteiger partial charge >= 0.3 is 0 Å². The molecule has 0 radical (unpaired) electrons. The number of hydrogen-bond acceptors (Lipinski definition) is 6. The minimum Gasteiger partial charge on any atom is -0.377 e. The lowest BCUT2D eigenvalue weighted by Crippen LogP contribution is -2.43. The van der Waals surface area contributed by atoms with E-state index in [0.29, 0.717) is 24.6 Å². The summed E-state index contributed by atoms with van der Waals surface area (Å²) in [4.78, 5) is 11.3. The summed E-state index contributed by atoms with van der Waals surface area (Å²) in [6.45, 7) is 2.27. The molecule has 19 heavy (non-hydrogen) atoms. The summed E-state index contributed by atoms with van der Waals surface area (Å²) >= 11 is 0. The number of anilines is 2. The highest BCUT2D eigenvalue weighted by Crippen LogP contribution is 2.29. The van der Waals surface area contributed by atoms with Crippen LogP contribution in [-0.4, -0.2) is 49.4 Å². The van der Waals surface area contributed by atoms with Crippen molar-refractivity contribution in [3.05, 3.63) is 11.9 Å². The van der Waals surface area contributed by atoms with E-state index in [9.17, 15) is 0 Å². The van der Waals surface area contributed by atoms with Crippen LogP contribution >= 0.6 is 0 Å². The standard InChI is InChI=1S/C13H20N4O2/c1-14-11-5-13(16-12(15-11)8-18-2)17-6-9-3-4-10(7-17)19-9/h5,9-10H,3-4,6-8H2,1-2H3,(H,14,15,16). The predicted octanol–water partition coefficient (Wildman–Crippen LogP) is 1.03. The van der Waals surface area contributed by atoms with Crippen LogP contribution in [0.1, 0.15) is 18.7 Å². The molecular weight excluding hydrogens is 244 g/mol. The van der Waals surface area contributed by atoms with Gasteiger partial charge in [0.2, 0.25) is 0 Å². The zero-order chi connectivity index (χ0) is 13.2. The lowest BCUT2D eigenvalue weighted by molar-refractivity contribution is 0.0302. The summed E-state index contributed by atoms with van der Waals surface area (Å²) in [5.41, 5.74) is 0. The van der Waals surface area contributed by atoms with Crippen LogP contribution in [0.4, 0.5) is 11.6 Å². The van der Waals surface area contributed by atoms with Crippen LogP contribution in [0, 0.1) is 0 Å². The molecule has 1 aromatic heterocycles. The van der Waals surface area contributed by atoms with Gasteiger partial charge in [0.05, 0.1) is 12.2 Å². The summed E-state index contributed by atoms with van der Waals surface area (Å²) in [7, 11) is 3.52. The van der Waals surface area contributed by atoms with Gasteiger partial charge in [-0.2, -0.15) is 0 Å². The molecule has 104 valence electrons. The molecule has 2 unspecified atom stereocenters. The Morgan fingerprint density at radius 1 is 1.37 bits per heavy atom. The summed E-state index contributed by atoms with van der Waals surface area (Å²) in [6, 6.07) is 1.99. The summed E-state index contributed by atoms with van der Waals surface area (Å²) < 4.78 is 11.0. The third kappa shape index (κ3) is 2.64. The maximum Gasteiger partial charge on any atom is 0.158 e.